The van der Waals surface area contributed by atoms with Crippen molar-refractivity contribution in [2.24, 2.45) is 0 Å². The predicted molar refractivity (Wildman–Crippen MR) is 80.4 cm³/mol. The number of rotatable bonds is 10. The van der Waals surface area contributed by atoms with E-state index in [0.29, 0.717) is 24.8 Å². The molecule has 0 unspecified atom stereocenters. The lowest BCUT2D eigenvalue weighted by molar-refractivity contribution is 0.275. The highest BCUT2D eigenvalue weighted by molar-refractivity contribution is 5.31. The molecule has 21 heavy (non-hydrogen) atoms. The Morgan fingerprint density at radius 2 is 1.90 bits per heavy atom. The summed E-state index contributed by atoms with van der Waals surface area (Å²) in [4.78, 5) is 0. The molecule has 0 amide bonds. The van der Waals surface area contributed by atoms with Crippen LogP contribution in [0.1, 0.15) is 44.1 Å². The molecule has 0 aliphatic heterocycles. The lowest BCUT2D eigenvalue weighted by atomic mass is 10.2. The summed E-state index contributed by atoms with van der Waals surface area (Å²) in [6.45, 7) is 4.49. The number of ether oxygens (including phenoxy) is 1. The molecule has 1 aliphatic rings. The van der Waals surface area contributed by atoms with Crippen molar-refractivity contribution in [1.82, 2.24) is 5.32 Å². The van der Waals surface area contributed by atoms with E-state index in [1.807, 2.05) is 6.08 Å². The lowest BCUT2D eigenvalue weighted by Gasteiger charge is -2.10. The monoisotopic (exact) mass is 295 g/mol. The summed E-state index contributed by atoms with van der Waals surface area (Å²) < 4.78 is 33.0. The van der Waals surface area contributed by atoms with E-state index in [1.54, 1.807) is 0 Å². The third-order valence-corrected chi connectivity index (χ3v) is 3.53. The third-order valence-electron chi connectivity index (χ3n) is 3.53. The van der Waals surface area contributed by atoms with Crippen molar-refractivity contribution in [3.63, 3.8) is 0 Å². The Hall–Kier alpha value is -1.42. The molecule has 1 aromatic rings. The van der Waals surface area contributed by atoms with E-state index in [1.165, 1.54) is 12.1 Å². The zero-order valence-electron chi connectivity index (χ0n) is 12.3. The van der Waals surface area contributed by atoms with E-state index in [-0.39, 0.29) is 5.75 Å². The van der Waals surface area contributed by atoms with Crippen molar-refractivity contribution >= 4 is 0 Å². The largest absolute Gasteiger partial charge is 0.488 e. The van der Waals surface area contributed by atoms with Crippen LogP contribution in [0.4, 0.5) is 8.78 Å². The Labute approximate surface area is 125 Å². The molecular weight excluding hydrogens is 272 g/mol. The Morgan fingerprint density at radius 3 is 2.52 bits per heavy atom. The van der Waals surface area contributed by atoms with E-state index in [0.717, 1.165) is 38.5 Å². The van der Waals surface area contributed by atoms with Crippen LogP contribution in [0.5, 0.6) is 5.75 Å². The molecule has 0 heterocycles. The molecule has 0 spiro atoms. The standard InChI is InChI=1S/C17H23F2NO/c1-2-3-4-5-6-9-21-17-15(18)10-13(11-16(17)19)12-20-14-7-8-14/h2,10-11,14,20H,1,3-9,12H2. The van der Waals surface area contributed by atoms with Gasteiger partial charge in [-0.1, -0.05) is 6.08 Å². The summed E-state index contributed by atoms with van der Waals surface area (Å²) >= 11 is 0. The summed E-state index contributed by atoms with van der Waals surface area (Å²) in [6, 6.07) is 3.22. The Bertz CT molecular complexity index is 449. The number of unbranched alkanes of at least 4 members (excludes halogenated alkanes) is 3. The van der Waals surface area contributed by atoms with Crippen molar-refractivity contribution in [3.05, 3.63) is 42.0 Å². The van der Waals surface area contributed by atoms with Gasteiger partial charge >= 0.3 is 0 Å². The Balaban J connectivity index is 1.79. The highest BCUT2D eigenvalue weighted by atomic mass is 19.1. The number of hydrogen-bond acceptors (Lipinski definition) is 2. The van der Waals surface area contributed by atoms with Crippen molar-refractivity contribution < 1.29 is 13.5 Å². The average molecular weight is 295 g/mol. The molecule has 1 N–H and O–H groups in total. The van der Waals surface area contributed by atoms with Crippen LogP contribution >= 0.6 is 0 Å². The van der Waals surface area contributed by atoms with Gasteiger partial charge in [-0.3, -0.25) is 0 Å². The molecule has 1 saturated carbocycles. The first-order valence-electron chi connectivity index (χ1n) is 7.65. The van der Waals surface area contributed by atoms with E-state index in [9.17, 15) is 8.78 Å². The molecule has 1 aromatic carbocycles. The van der Waals surface area contributed by atoms with Crippen molar-refractivity contribution in [2.75, 3.05) is 6.61 Å². The molecule has 0 aromatic heterocycles. The second-order valence-corrected chi connectivity index (χ2v) is 5.53. The molecule has 2 rings (SSSR count). The van der Waals surface area contributed by atoms with E-state index in [2.05, 4.69) is 11.9 Å². The number of nitrogens with one attached hydrogen (secondary N) is 1. The normalized spacial score (nSPS) is 14.2. The van der Waals surface area contributed by atoms with Crippen LogP contribution in [0.3, 0.4) is 0 Å². The molecule has 0 radical (unpaired) electrons. The highest BCUT2D eigenvalue weighted by Crippen LogP contribution is 2.25. The van der Waals surface area contributed by atoms with Crippen molar-refractivity contribution in [1.29, 1.82) is 0 Å². The fraction of sp³-hybridized carbons (Fsp3) is 0.529. The second-order valence-electron chi connectivity index (χ2n) is 5.53. The van der Waals surface area contributed by atoms with E-state index >= 15 is 0 Å². The van der Waals surface area contributed by atoms with Crippen LogP contribution in [0.2, 0.25) is 0 Å². The van der Waals surface area contributed by atoms with Crippen LogP contribution < -0.4 is 10.1 Å². The first-order valence-corrected chi connectivity index (χ1v) is 7.65. The number of halogens is 2. The zero-order chi connectivity index (χ0) is 15.1. The molecule has 1 fully saturated rings. The first-order chi connectivity index (χ1) is 10.2. The van der Waals surface area contributed by atoms with Crippen molar-refractivity contribution in [3.8, 4) is 5.75 Å². The first kappa shape index (κ1) is 16.0. The molecule has 0 atom stereocenters. The summed E-state index contributed by atoms with van der Waals surface area (Å²) in [7, 11) is 0. The van der Waals surface area contributed by atoms with Gasteiger partial charge in [0, 0.05) is 12.6 Å². The van der Waals surface area contributed by atoms with Gasteiger partial charge in [-0.2, -0.15) is 0 Å². The van der Waals surface area contributed by atoms with Gasteiger partial charge in [0.2, 0.25) is 0 Å². The molecule has 116 valence electrons. The van der Waals surface area contributed by atoms with Gasteiger partial charge < -0.3 is 10.1 Å². The van der Waals surface area contributed by atoms with Gasteiger partial charge in [-0.05, 0) is 56.2 Å². The van der Waals surface area contributed by atoms with Gasteiger partial charge in [0.25, 0.3) is 0 Å². The summed E-state index contributed by atoms with van der Waals surface area (Å²) in [5, 5.41) is 3.24. The van der Waals surface area contributed by atoms with Gasteiger partial charge in [-0.15, -0.1) is 6.58 Å². The Morgan fingerprint density at radius 1 is 1.19 bits per heavy atom. The second kappa shape index (κ2) is 8.13. The maximum Gasteiger partial charge on any atom is 0.190 e. The number of benzene rings is 1. The highest BCUT2D eigenvalue weighted by Gasteiger charge is 2.20. The zero-order valence-corrected chi connectivity index (χ0v) is 12.3. The molecule has 0 saturated heterocycles. The van der Waals surface area contributed by atoms with Crippen LogP contribution in [0.15, 0.2) is 24.8 Å². The molecule has 1 aliphatic carbocycles. The van der Waals surface area contributed by atoms with Crippen molar-refractivity contribution in [2.45, 2.75) is 51.1 Å². The minimum absolute atomic E-state index is 0.256. The molecule has 0 bridgehead atoms. The minimum atomic E-state index is -0.617. The maximum atomic E-state index is 13.9. The van der Waals surface area contributed by atoms with Gasteiger partial charge in [-0.25, -0.2) is 8.78 Å². The van der Waals surface area contributed by atoms with Crippen LogP contribution in [-0.4, -0.2) is 12.6 Å². The molecule has 4 heteroatoms. The lowest BCUT2D eigenvalue weighted by Crippen LogP contribution is -2.15. The summed E-state index contributed by atoms with van der Waals surface area (Å²) in [5.41, 5.74) is 0.621. The van der Waals surface area contributed by atoms with Crippen LogP contribution in [0, 0.1) is 11.6 Å². The van der Waals surface area contributed by atoms with E-state index in [4.69, 9.17) is 4.74 Å². The van der Waals surface area contributed by atoms with Gasteiger partial charge in [0.1, 0.15) is 0 Å². The van der Waals surface area contributed by atoms with Crippen LogP contribution in [-0.2, 0) is 6.54 Å². The maximum absolute atomic E-state index is 13.9. The van der Waals surface area contributed by atoms with Gasteiger partial charge in [0.15, 0.2) is 17.4 Å². The predicted octanol–water partition coefficient (Wildman–Crippen LogP) is 4.34. The minimum Gasteiger partial charge on any atom is -0.488 e. The fourth-order valence-corrected chi connectivity index (χ4v) is 2.14. The quantitative estimate of drug-likeness (QED) is 0.512. The third kappa shape index (κ3) is 5.46. The fourth-order valence-electron chi connectivity index (χ4n) is 2.14. The SMILES string of the molecule is C=CCCCCCOc1c(F)cc(CNC2CC2)cc1F. The average Bonchev–Trinajstić information content (AvgIpc) is 3.27. The molecule has 2 nitrogen and oxygen atoms in total. The Kier molecular flexibility index (Phi) is 6.18. The van der Waals surface area contributed by atoms with E-state index < -0.39 is 11.6 Å². The van der Waals surface area contributed by atoms with Gasteiger partial charge in [0.05, 0.1) is 6.61 Å². The van der Waals surface area contributed by atoms with Crippen LogP contribution in [0.25, 0.3) is 0 Å². The number of hydrogen-bond donors (Lipinski definition) is 1. The summed E-state index contributed by atoms with van der Waals surface area (Å²) in [5.74, 6) is -1.49. The smallest absolute Gasteiger partial charge is 0.190 e. The topological polar surface area (TPSA) is 21.3 Å². The molecular formula is C17H23F2NO. The number of allylic oxidation sites excluding steroid dienone is 1. The summed E-state index contributed by atoms with van der Waals surface area (Å²) in [6.07, 6.45) is 7.93.